The molecule has 3 rings (SSSR count). The fourth-order valence-corrected chi connectivity index (χ4v) is 2.42. The van der Waals surface area contributed by atoms with Crippen molar-refractivity contribution in [1.29, 1.82) is 0 Å². The lowest BCUT2D eigenvalue weighted by Crippen LogP contribution is -2.28. The van der Waals surface area contributed by atoms with E-state index in [-0.39, 0.29) is 0 Å². The Bertz CT molecular complexity index is 639. The molecule has 4 nitrogen and oxygen atoms in total. The zero-order valence-corrected chi connectivity index (χ0v) is 12.1. The SMILES string of the molecule is COc1ccc(COc2cc3c(cc2C)COB3O)cc1. The summed E-state index contributed by atoms with van der Waals surface area (Å²) in [5.74, 6) is 1.60. The molecule has 108 valence electrons. The van der Waals surface area contributed by atoms with Crippen LogP contribution in [0.15, 0.2) is 36.4 Å². The summed E-state index contributed by atoms with van der Waals surface area (Å²) in [6.45, 7) is 2.92. The summed E-state index contributed by atoms with van der Waals surface area (Å²) in [4.78, 5) is 0. The van der Waals surface area contributed by atoms with E-state index >= 15 is 0 Å². The molecule has 0 unspecified atom stereocenters. The van der Waals surface area contributed by atoms with Gasteiger partial charge in [0.2, 0.25) is 0 Å². The Morgan fingerprint density at radius 2 is 2.00 bits per heavy atom. The molecule has 0 aliphatic carbocycles. The van der Waals surface area contributed by atoms with E-state index < -0.39 is 7.12 Å². The van der Waals surface area contributed by atoms with Gasteiger partial charge >= 0.3 is 7.12 Å². The van der Waals surface area contributed by atoms with Crippen molar-refractivity contribution in [3.8, 4) is 11.5 Å². The summed E-state index contributed by atoms with van der Waals surface area (Å²) in [6, 6.07) is 11.6. The summed E-state index contributed by atoms with van der Waals surface area (Å²) >= 11 is 0. The number of hydrogen-bond donors (Lipinski definition) is 1. The highest BCUT2D eigenvalue weighted by Gasteiger charge is 2.28. The van der Waals surface area contributed by atoms with Crippen LogP contribution in [0.4, 0.5) is 0 Å². The van der Waals surface area contributed by atoms with Gasteiger partial charge in [0.1, 0.15) is 18.1 Å². The smallest absolute Gasteiger partial charge is 0.491 e. The maximum Gasteiger partial charge on any atom is 0.491 e. The van der Waals surface area contributed by atoms with Crippen LogP contribution in [0.2, 0.25) is 0 Å². The minimum Gasteiger partial charge on any atom is -0.497 e. The average Bonchev–Trinajstić information content (AvgIpc) is 2.86. The van der Waals surface area contributed by atoms with Crippen molar-refractivity contribution in [2.75, 3.05) is 7.11 Å². The van der Waals surface area contributed by atoms with Crippen molar-refractivity contribution in [3.63, 3.8) is 0 Å². The molecule has 1 aliphatic heterocycles. The fourth-order valence-electron chi connectivity index (χ4n) is 2.42. The zero-order valence-electron chi connectivity index (χ0n) is 12.1. The molecule has 0 spiro atoms. The molecule has 0 radical (unpaired) electrons. The van der Waals surface area contributed by atoms with Crippen LogP contribution in [0.5, 0.6) is 11.5 Å². The highest BCUT2D eigenvalue weighted by Crippen LogP contribution is 2.23. The molecule has 21 heavy (non-hydrogen) atoms. The molecule has 0 atom stereocenters. The Balaban J connectivity index is 1.74. The van der Waals surface area contributed by atoms with E-state index in [1.165, 1.54) is 0 Å². The van der Waals surface area contributed by atoms with Crippen LogP contribution in [0.25, 0.3) is 0 Å². The fraction of sp³-hybridized carbons (Fsp3) is 0.250. The van der Waals surface area contributed by atoms with Crippen LogP contribution in [0.1, 0.15) is 16.7 Å². The molecule has 1 aliphatic rings. The normalized spacial score (nSPS) is 13.2. The second-order valence-corrected chi connectivity index (χ2v) is 5.12. The number of rotatable bonds is 4. The van der Waals surface area contributed by atoms with Crippen molar-refractivity contribution >= 4 is 12.6 Å². The van der Waals surface area contributed by atoms with E-state index in [1.54, 1.807) is 7.11 Å². The minimum atomic E-state index is -0.844. The van der Waals surface area contributed by atoms with Crippen molar-refractivity contribution in [3.05, 3.63) is 53.1 Å². The van der Waals surface area contributed by atoms with Crippen LogP contribution >= 0.6 is 0 Å². The Labute approximate surface area is 124 Å². The third-order valence-electron chi connectivity index (χ3n) is 3.65. The van der Waals surface area contributed by atoms with Gasteiger partial charge in [-0.25, -0.2) is 0 Å². The third-order valence-corrected chi connectivity index (χ3v) is 3.65. The van der Waals surface area contributed by atoms with Gasteiger partial charge in [0.25, 0.3) is 0 Å². The molecule has 1 heterocycles. The van der Waals surface area contributed by atoms with Crippen LogP contribution < -0.4 is 14.9 Å². The van der Waals surface area contributed by atoms with Gasteiger partial charge in [-0.15, -0.1) is 0 Å². The van der Waals surface area contributed by atoms with Crippen molar-refractivity contribution < 1.29 is 19.2 Å². The zero-order chi connectivity index (χ0) is 14.8. The molecule has 0 bridgehead atoms. The van der Waals surface area contributed by atoms with E-state index in [9.17, 15) is 5.02 Å². The van der Waals surface area contributed by atoms with Gasteiger partial charge < -0.3 is 19.2 Å². The number of ether oxygens (including phenoxy) is 2. The summed E-state index contributed by atoms with van der Waals surface area (Å²) in [5.41, 5.74) is 3.93. The molecular weight excluding hydrogens is 267 g/mol. The highest BCUT2D eigenvalue weighted by molar-refractivity contribution is 6.61. The topological polar surface area (TPSA) is 47.9 Å². The van der Waals surface area contributed by atoms with E-state index in [1.807, 2.05) is 43.3 Å². The molecule has 0 aromatic heterocycles. The molecular formula is C16H17BO4. The summed E-state index contributed by atoms with van der Waals surface area (Å²) < 4.78 is 16.2. The van der Waals surface area contributed by atoms with Crippen molar-refractivity contribution in [2.45, 2.75) is 20.1 Å². The van der Waals surface area contributed by atoms with Crippen LogP contribution in [0, 0.1) is 6.92 Å². The first kappa shape index (κ1) is 14.0. The summed E-state index contributed by atoms with van der Waals surface area (Å²) in [6.07, 6.45) is 0. The molecule has 0 saturated carbocycles. The average molecular weight is 284 g/mol. The quantitative estimate of drug-likeness (QED) is 0.870. The molecule has 2 aromatic carbocycles. The molecule has 0 amide bonds. The van der Waals surface area contributed by atoms with Crippen LogP contribution in [-0.2, 0) is 17.9 Å². The number of methoxy groups -OCH3 is 1. The van der Waals surface area contributed by atoms with Crippen molar-refractivity contribution in [1.82, 2.24) is 0 Å². The lowest BCUT2D eigenvalue weighted by molar-refractivity contribution is 0.275. The van der Waals surface area contributed by atoms with Gasteiger partial charge in [-0.05, 0) is 47.3 Å². The Morgan fingerprint density at radius 1 is 1.24 bits per heavy atom. The lowest BCUT2D eigenvalue weighted by atomic mass is 9.79. The number of aryl methyl sites for hydroxylation is 1. The number of hydrogen-bond acceptors (Lipinski definition) is 4. The standard InChI is InChI=1S/C16H17BO4/c1-11-7-13-10-21-17(18)15(13)8-16(11)20-9-12-3-5-14(19-2)6-4-12/h3-8,18H,9-10H2,1-2H3. The molecule has 2 aromatic rings. The first-order chi connectivity index (χ1) is 10.2. The van der Waals surface area contributed by atoms with E-state index in [2.05, 4.69) is 0 Å². The van der Waals surface area contributed by atoms with E-state index in [0.29, 0.717) is 13.2 Å². The molecule has 0 saturated heterocycles. The predicted molar refractivity (Wildman–Crippen MR) is 80.9 cm³/mol. The largest absolute Gasteiger partial charge is 0.497 e. The summed E-state index contributed by atoms with van der Waals surface area (Å²) in [5, 5.41) is 9.75. The molecule has 5 heteroatoms. The third kappa shape index (κ3) is 2.89. The number of fused-ring (bicyclic) bond motifs is 1. The van der Waals surface area contributed by atoms with Crippen LogP contribution in [-0.4, -0.2) is 19.3 Å². The van der Waals surface area contributed by atoms with Gasteiger partial charge in [-0.1, -0.05) is 18.2 Å². The van der Waals surface area contributed by atoms with Crippen molar-refractivity contribution in [2.24, 2.45) is 0 Å². The first-order valence-electron chi connectivity index (χ1n) is 6.86. The van der Waals surface area contributed by atoms with E-state index in [4.69, 9.17) is 14.1 Å². The van der Waals surface area contributed by atoms with Gasteiger partial charge in [-0.3, -0.25) is 0 Å². The second kappa shape index (κ2) is 5.80. The maximum atomic E-state index is 9.75. The Kier molecular flexibility index (Phi) is 3.86. The Morgan fingerprint density at radius 3 is 2.71 bits per heavy atom. The maximum absolute atomic E-state index is 9.75. The van der Waals surface area contributed by atoms with Gasteiger partial charge in [-0.2, -0.15) is 0 Å². The summed E-state index contributed by atoms with van der Waals surface area (Å²) in [7, 11) is 0.802. The Hall–Kier alpha value is -1.98. The highest BCUT2D eigenvalue weighted by atomic mass is 16.5. The predicted octanol–water partition coefficient (Wildman–Crippen LogP) is 1.80. The first-order valence-corrected chi connectivity index (χ1v) is 6.86. The number of benzene rings is 2. The van der Waals surface area contributed by atoms with E-state index in [0.717, 1.165) is 33.7 Å². The van der Waals surface area contributed by atoms with Gasteiger partial charge in [0.05, 0.1) is 13.7 Å². The monoisotopic (exact) mass is 284 g/mol. The van der Waals surface area contributed by atoms with Gasteiger partial charge in [0, 0.05) is 0 Å². The molecule has 1 N–H and O–H groups in total. The lowest BCUT2D eigenvalue weighted by Gasteiger charge is -2.11. The second-order valence-electron chi connectivity index (χ2n) is 5.12. The minimum absolute atomic E-state index is 0.454. The molecule has 0 fully saturated rings. The van der Waals surface area contributed by atoms with Crippen LogP contribution in [0.3, 0.4) is 0 Å². The van der Waals surface area contributed by atoms with Gasteiger partial charge in [0.15, 0.2) is 0 Å².